The van der Waals surface area contributed by atoms with Gasteiger partial charge in [-0.15, -0.1) is 0 Å². The van der Waals surface area contributed by atoms with Crippen molar-refractivity contribution in [3.05, 3.63) is 53.3 Å². The fraction of sp³-hybridized carbons (Fsp3) is 0.333. The van der Waals surface area contributed by atoms with Crippen LogP contribution in [0.4, 0.5) is 21.8 Å². The number of piperazine rings is 1. The van der Waals surface area contributed by atoms with Crippen LogP contribution < -0.4 is 10.6 Å². The minimum atomic E-state index is -0.456. The Morgan fingerprint density at radius 3 is 2.66 bits per heavy atom. The number of nitrogens with zero attached hydrogens (tertiary/aromatic N) is 4. The van der Waals surface area contributed by atoms with Crippen molar-refractivity contribution in [3.63, 3.8) is 0 Å². The molecule has 0 spiro atoms. The molecule has 1 fully saturated rings. The van der Waals surface area contributed by atoms with Gasteiger partial charge in [0.1, 0.15) is 11.6 Å². The van der Waals surface area contributed by atoms with Gasteiger partial charge in [-0.25, -0.2) is 9.37 Å². The second kappa shape index (κ2) is 8.90. The highest BCUT2D eigenvalue weighted by atomic mass is 35.5. The van der Waals surface area contributed by atoms with E-state index in [9.17, 15) is 4.39 Å². The molecule has 1 saturated heterocycles. The van der Waals surface area contributed by atoms with Crippen LogP contribution in [0.25, 0.3) is 10.9 Å². The summed E-state index contributed by atoms with van der Waals surface area (Å²) in [6.07, 6.45) is 0. The Morgan fingerprint density at radius 1 is 1.07 bits per heavy atom. The normalized spacial score (nSPS) is 15.6. The SMILES string of the molecule is CN1CCN(CCNc2nc(Nc3ccc(F)c(Cl)c3)nc3ccccc23)CC1. The smallest absolute Gasteiger partial charge is 0.229 e. The molecule has 1 aromatic heterocycles. The van der Waals surface area contributed by atoms with Crippen LogP contribution in [0.2, 0.25) is 5.02 Å². The Morgan fingerprint density at radius 2 is 1.86 bits per heavy atom. The molecule has 1 aliphatic rings. The molecular formula is C21H24ClFN6. The zero-order chi connectivity index (χ0) is 20.2. The first-order valence-corrected chi connectivity index (χ1v) is 10.1. The van der Waals surface area contributed by atoms with E-state index in [1.807, 2.05) is 24.3 Å². The highest BCUT2D eigenvalue weighted by molar-refractivity contribution is 6.31. The van der Waals surface area contributed by atoms with Crippen LogP contribution in [0.5, 0.6) is 0 Å². The number of benzene rings is 2. The summed E-state index contributed by atoms with van der Waals surface area (Å²) in [5, 5.41) is 7.60. The third kappa shape index (κ3) is 4.93. The largest absolute Gasteiger partial charge is 0.368 e. The summed E-state index contributed by atoms with van der Waals surface area (Å²) in [5.41, 5.74) is 1.47. The molecule has 2 heterocycles. The lowest BCUT2D eigenvalue weighted by atomic mass is 10.2. The van der Waals surface area contributed by atoms with E-state index in [4.69, 9.17) is 11.6 Å². The highest BCUT2D eigenvalue weighted by Gasteiger charge is 2.14. The molecule has 0 radical (unpaired) electrons. The maximum Gasteiger partial charge on any atom is 0.229 e. The molecule has 2 aromatic carbocycles. The minimum absolute atomic E-state index is 0.0568. The highest BCUT2D eigenvalue weighted by Crippen LogP contribution is 2.25. The van der Waals surface area contributed by atoms with Crippen LogP contribution in [0, 0.1) is 5.82 Å². The summed E-state index contributed by atoms with van der Waals surface area (Å²) in [7, 11) is 2.16. The summed E-state index contributed by atoms with van der Waals surface area (Å²) in [6, 6.07) is 12.3. The van der Waals surface area contributed by atoms with Gasteiger partial charge in [0.15, 0.2) is 0 Å². The molecule has 8 heteroatoms. The molecule has 152 valence electrons. The van der Waals surface area contributed by atoms with Crippen molar-refractivity contribution in [1.82, 2.24) is 19.8 Å². The van der Waals surface area contributed by atoms with Crippen molar-refractivity contribution in [3.8, 4) is 0 Å². The Labute approximate surface area is 174 Å². The molecule has 0 amide bonds. The van der Waals surface area contributed by atoms with Crippen LogP contribution in [0.15, 0.2) is 42.5 Å². The monoisotopic (exact) mass is 414 g/mol. The topological polar surface area (TPSA) is 56.3 Å². The predicted molar refractivity (Wildman–Crippen MR) is 117 cm³/mol. The summed E-state index contributed by atoms with van der Waals surface area (Å²) in [4.78, 5) is 14.0. The number of hydrogen-bond acceptors (Lipinski definition) is 6. The van der Waals surface area contributed by atoms with Gasteiger partial charge >= 0.3 is 0 Å². The van der Waals surface area contributed by atoms with E-state index in [0.717, 1.165) is 56.0 Å². The molecule has 2 N–H and O–H groups in total. The zero-order valence-electron chi connectivity index (χ0n) is 16.3. The number of halogens is 2. The molecule has 0 saturated carbocycles. The van der Waals surface area contributed by atoms with Crippen molar-refractivity contribution in [2.45, 2.75) is 0 Å². The molecular weight excluding hydrogens is 391 g/mol. The maximum absolute atomic E-state index is 13.4. The van der Waals surface area contributed by atoms with E-state index in [-0.39, 0.29) is 5.02 Å². The van der Waals surface area contributed by atoms with E-state index in [2.05, 4.69) is 37.4 Å². The van der Waals surface area contributed by atoms with Gasteiger partial charge in [0.2, 0.25) is 5.95 Å². The number of hydrogen-bond donors (Lipinski definition) is 2. The molecule has 6 nitrogen and oxygen atoms in total. The van der Waals surface area contributed by atoms with Crippen molar-refractivity contribution in [2.24, 2.45) is 0 Å². The molecule has 0 atom stereocenters. The number of fused-ring (bicyclic) bond motifs is 1. The maximum atomic E-state index is 13.4. The van der Waals surface area contributed by atoms with E-state index in [0.29, 0.717) is 11.6 Å². The second-order valence-electron chi connectivity index (χ2n) is 7.24. The Kier molecular flexibility index (Phi) is 6.08. The van der Waals surface area contributed by atoms with E-state index in [1.54, 1.807) is 6.07 Å². The average molecular weight is 415 g/mol. The standard InChI is InChI=1S/C21H24ClFN6/c1-28-10-12-29(13-11-28)9-8-24-20-16-4-2-3-5-19(16)26-21(27-20)25-15-6-7-18(23)17(22)14-15/h2-7,14H,8-13H2,1H3,(H2,24,25,26,27). The number of aromatic nitrogens is 2. The van der Waals surface area contributed by atoms with Gasteiger partial charge in [-0.2, -0.15) is 4.98 Å². The third-order valence-electron chi connectivity index (χ3n) is 5.10. The molecule has 29 heavy (non-hydrogen) atoms. The Hall–Kier alpha value is -2.48. The van der Waals surface area contributed by atoms with Gasteiger partial charge in [0.25, 0.3) is 0 Å². The van der Waals surface area contributed by atoms with Crippen LogP contribution >= 0.6 is 11.6 Å². The average Bonchev–Trinajstić information content (AvgIpc) is 2.72. The quantitative estimate of drug-likeness (QED) is 0.639. The molecule has 0 aliphatic carbocycles. The van der Waals surface area contributed by atoms with Gasteiger partial charge in [-0.3, -0.25) is 4.90 Å². The molecule has 0 bridgehead atoms. The third-order valence-corrected chi connectivity index (χ3v) is 5.38. The minimum Gasteiger partial charge on any atom is -0.368 e. The summed E-state index contributed by atoms with van der Waals surface area (Å²) in [6.45, 7) is 6.13. The molecule has 4 rings (SSSR count). The Bertz CT molecular complexity index is 990. The van der Waals surface area contributed by atoms with Crippen LogP contribution in [-0.4, -0.2) is 66.1 Å². The number of para-hydroxylation sites is 1. The lowest BCUT2D eigenvalue weighted by Crippen LogP contribution is -2.45. The predicted octanol–water partition coefficient (Wildman–Crippen LogP) is 3.83. The number of rotatable bonds is 6. The molecule has 1 aliphatic heterocycles. The van der Waals surface area contributed by atoms with Gasteiger partial charge in [0.05, 0.1) is 10.5 Å². The van der Waals surface area contributed by atoms with Gasteiger partial charge in [-0.1, -0.05) is 23.7 Å². The lowest BCUT2D eigenvalue weighted by Gasteiger charge is -2.32. The van der Waals surface area contributed by atoms with Gasteiger partial charge < -0.3 is 15.5 Å². The van der Waals surface area contributed by atoms with Crippen LogP contribution in [-0.2, 0) is 0 Å². The van der Waals surface area contributed by atoms with E-state index in [1.165, 1.54) is 12.1 Å². The van der Waals surface area contributed by atoms with Crippen LogP contribution in [0.1, 0.15) is 0 Å². The summed E-state index contributed by atoms with van der Waals surface area (Å²) in [5.74, 6) is 0.761. The first-order chi connectivity index (χ1) is 14.1. The fourth-order valence-corrected chi connectivity index (χ4v) is 3.55. The number of anilines is 3. The van der Waals surface area contributed by atoms with Gasteiger partial charge in [-0.05, 0) is 37.4 Å². The Balaban J connectivity index is 1.50. The number of nitrogens with one attached hydrogen (secondary N) is 2. The summed E-state index contributed by atoms with van der Waals surface area (Å²) < 4.78 is 13.4. The number of likely N-dealkylation sites (N-methyl/N-ethyl adjacent to an activating group) is 1. The first kappa shape index (κ1) is 19.8. The van der Waals surface area contributed by atoms with Crippen LogP contribution in [0.3, 0.4) is 0 Å². The fourth-order valence-electron chi connectivity index (χ4n) is 3.37. The van der Waals surface area contributed by atoms with Crippen molar-refractivity contribution in [1.29, 1.82) is 0 Å². The zero-order valence-corrected chi connectivity index (χ0v) is 17.1. The van der Waals surface area contributed by atoms with Gasteiger partial charge in [0, 0.05) is 50.3 Å². The van der Waals surface area contributed by atoms with Crippen molar-refractivity contribution in [2.75, 3.05) is 56.9 Å². The lowest BCUT2D eigenvalue weighted by molar-refractivity contribution is 0.158. The second-order valence-corrected chi connectivity index (χ2v) is 7.65. The van der Waals surface area contributed by atoms with E-state index >= 15 is 0 Å². The summed E-state index contributed by atoms with van der Waals surface area (Å²) >= 11 is 5.88. The molecule has 3 aromatic rings. The van der Waals surface area contributed by atoms with E-state index < -0.39 is 5.82 Å². The van der Waals surface area contributed by atoms with Crippen molar-refractivity contribution >= 4 is 40.0 Å². The van der Waals surface area contributed by atoms with Crippen molar-refractivity contribution < 1.29 is 4.39 Å². The molecule has 0 unspecified atom stereocenters. The first-order valence-electron chi connectivity index (χ1n) is 9.72.